The molecule has 0 spiro atoms. The monoisotopic (exact) mass is 457 g/mol. The number of aromatic hydroxyl groups is 1. The molecule has 0 aliphatic rings. The van der Waals surface area contributed by atoms with Crippen molar-refractivity contribution < 1.29 is 5.11 Å². The third kappa shape index (κ3) is 4.82. The molecule has 0 aliphatic carbocycles. The zero-order valence-electron chi connectivity index (χ0n) is 20.1. The minimum Gasteiger partial charge on any atom is -0.507 e. The van der Waals surface area contributed by atoms with Gasteiger partial charge in [-0.2, -0.15) is 0 Å². The highest BCUT2D eigenvalue weighted by molar-refractivity contribution is 5.76. The van der Waals surface area contributed by atoms with E-state index in [1.54, 1.807) is 6.07 Å². The van der Waals surface area contributed by atoms with Gasteiger partial charge in [0.1, 0.15) is 5.75 Å². The molecule has 0 fully saturated rings. The van der Waals surface area contributed by atoms with E-state index in [9.17, 15) is 5.11 Å². The Morgan fingerprint density at radius 3 is 1.54 bits per heavy atom. The number of benzene rings is 4. The topological polar surface area (TPSA) is 58.9 Å². The summed E-state index contributed by atoms with van der Waals surface area (Å²) in [5, 5.41) is 10.7. The van der Waals surface area contributed by atoms with Crippen LogP contribution in [0, 0.1) is 0 Å². The van der Waals surface area contributed by atoms with Gasteiger partial charge in [0.2, 0.25) is 0 Å². The van der Waals surface area contributed by atoms with E-state index in [0.717, 1.165) is 33.4 Å². The molecule has 5 rings (SSSR count). The Morgan fingerprint density at radius 1 is 0.514 bits per heavy atom. The first-order valence-corrected chi connectivity index (χ1v) is 11.7. The van der Waals surface area contributed by atoms with Crippen LogP contribution in [0.4, 0.5) is 0 Å². The number of phenols is 1. The van der Waals surface area contributed by atoms with Crippen molar-refractivity contribution in [3.63, 3.8) is 0 Å². The molecule has 172 valence electrons. The second-order valence-corrected chi connectivity index (χ2v) is 9.60. The van der Waals surface area contributed by atoms with Gasteiger partial charge in [0.15, 0.2) is 17.5 Å². The summed E-state index contributed by atoms with van der Waals surface area (Å²) in [6.45, 7) is 6.50. The smallest absolute Gasteiger partial charge is 0.164 e. The highest BCUT2D eigenvalue weighted by Crippen LogP contribution is 2.35. The number of hydrogen-bond donors (Lipinski definition) is 1. The van der Waals surface area contributed by atoms with Crippen LogP contribution in [0.2, 0.25) is 0 Å². The summed E-state index contributed by atoms with van der Waals surface area (Å²) >= 11 is 0. The minimum absolute atomic E-state index is 0.0244. The lowest BCUT2D eigenvalue weighted by molar-refractivity contribution is 0.476. The number of rotatable bonds is 4. The highest BCUT2D eigenvalue weighted by Gasteiger charge is 2.17. The molecule has 4 aromatic carbocycles. The summed E-state index contributed by atoms with van der Waals surface area (Å²) < 4.78 is 0. The van der Waals surface area contributed by atoms with Crippen molar-refractivity contribution in [3.05, 3.63) is 109 Å². The zero-order chi connectivity index (χ0) is 24.4. The van der Waals surface area contributed by atoms with E-state index in [1.807, 2.05) is 91.0 Å². The maximum absolute atomic E-state index is 10.7. The molecule has 0 bridgehead atoms. The molecule has 0 radical (unpaired) electrons. The SMILES string of the molecule is CC(C)(C)c1ccc(O)c(-c2cccc(-c3nc(-c4ccccc4)nc(-c4ccccc4)n3)c2)c1. The molecule has 0 atom stereocenters. The number of hydrogen-bond acceptors (Lipinski definition) is 4. The maximum Gasteiger partial charge on any atom is 0.164 e. The number of aromatic nitrogens is 3. The Bertz CT molecular complexity index is 1420. The lowest BCUT2D eigenvalue weighted by Gasteiger charge is -2.20. The first-order valence-electron chi connectivity index (χ1n) is 11.7. The summed E-state index contributed by atoms with van der Waals surface area (Å²) in [5.41, 5.74) is 5.56. The van der Waals surface area contributed by atoms with Gasteiger partial charge in [-0.05, 0) is 34.7 Å². The quantitative estimate of drug-likeness (QED) is 0.303. The van der Waals surface area contributed by atoms with E-state index in [2.05, 4.69) is 26.8 Å². The van der Waals surface area contributed by atoms with Crippen molar-refractivity contribution >= 4 is 0 Å². The Labute approximate surface area is 206 Å². The standard InChI is InChI=1S/C31H27N3O/c1-31(2,3)25-17-18-27(35)26(20-25)23-15-10-16-24(19-23)30-33-28(21-11-6-4-7-12-21)32-29(34-30)22-13-8-5-9-14-22/h4-20,35H,1-3H3. The maximum atomic E-state index is 10.7. The lowest BCUT2D eigenvalue weighted by Crippen LogP contribution is -2.10. The summed E-state index contributed by atoms with van der Waals surface area (Å²) in [6.07, 6.45) is 0. The fourth-order valence-corrected chi connectivity index (χ4v) is 4.00. The molecule has 1 N–H and O–H groups in total. The van der Waals surface area contributed by atoms with Crippen LogP contribution in [0.15, 0.2) is 103 Å². The van der Waals surface area contributed by atoms with Crippen LogP contribution in [-0.2, 0) is 5.41 Å². The van der Waals surface area contributed by atoms with Gasteiger partial charge >= 0.3 is 0 Å². The van der Waals surface area contributed by atoms with Crippen LogP contribution in [0.25, 0.3) is 45.3 Å². The Morgan fingerprint density at radius 2 is 1.00 bits per heavy atom. The fraction of sp³-hybridized carbons (Fsp3) is 0.129. The Balaban J connectivity index is 1.65. The predicted molar refractivity (Wildman–Crippen MR) is 142 cm³/mol. The molecule has 0 unspecified atom stereocenters. The van der Waals surface area contributed by atoms with Crippen LogP contribution in [-0.4, -0.2) is 20.1 Å². The molecule has 0 aliphatic heterocycles. The molecule has 1 heterocycles. The number of nitrogens with zero attached hydrogens (tertiary/aromatic N) is 3. The summed E-state index contributed by atoms with van der Waals surface area (Å²) in [4.78, 5) is 14.4. The van der Waals surface area contributed by atoms with Gasteiger partial charge in [0.25, 0.3) is 0 Å². The molecular weight excluding hydrogens is 430 g/mol. The van der Waals surface area contributed by atoms with Crippen molar-refractivity contribution in [1.29, 1.82) is 0 Å². The molecular formula is C31H27N3O. The van der Waals surface area contributed by atoms with E-state index in [1.165, 1.54) is 0 Å². The molecule has 0 amide bonds. The summed E-state index contributed by atoms with van der Waals surface area (Å²) in [6, 6.07) is 33.7. The normalized spacial score (nSPS) is 11.4. The van der Waals surface area contributed by atoms with Crippen LogP contribution in [0.1, 0.15) is 26.3 Å². The molecule has 0 saturated heterocycles. The van der Waals surface area contributed by atoms with Gasteiger partial charge in [0.05, 0.1) is 0 Å². The van der Waals surface area contributed by atoms with Crippen molar-refractivity contribution in [1.82, 2.24) is 15.0 Å². The highest BCUT2D eigenvalue weighted by atomic mass is 16.3. The van der Waals surface area contributed by atoms with Crippen LogP contribution in [0.5, 0.6) is 5.75 Å². The number of phenolic OH excluding ortho intramolecular Hbond substituents is 1. The average Bonchev–Trinajstić information content (AvgIpc) is 2.89. The van der Waals surface area contributed by atoms with E-state index in [4.69, 9.17) is 15.0 Å². The minimum atomic E-state index is -0.0244. The molecule has 0 saturated carbocycles. The van der Waals surface area contributed by atoms with Crippen molar-refractivity contribution in [3.8, 4) is 51.0 Å². The zero-order valence-corrected chi connectivity index (χ0v) is 20.1. The summed E-state index contributed by atoms with van der Waals surface area (Å²) in [5.74, 6) is 2.08. The Kier molecular flexibility index (Phi) is 5.87. The van der Waals surface area contributed by atoms with E-state index in [0.29, 0.717) is 17.5 Å². The Hall–Kier alpha value is -4.31. The van der Waals surface area contributed by atoms with Crippen molar-refractivity contribution in [2.24, 2.45) is 0 Å². The van der Waals surface area contributed by atoms with Gasteiger partial charge < -0.3 is 5.11 Å². The molecule has 5 aromatic rings. The van der Waals surface area contributed by atoms with Crippen LogP contribution in [0.3, 0.4) is 0 Å². The van der Waals surface area contributed by atoms with Gasteiger partial charge in [-0.1, -0.05) is 106 Å². The largest absolute Gasteiger partial charge is 0.507 e. The molecule has 4 heteroatoms. The first-order chi connectivity index (χ1) is 16.9. The fourth-order valence-electron chi connectivity index (χ4n) is 4.00. The van der Waals surface area contributed by atoms with E-state index >= 15 is 0 Å². The summed E-state index contributed by atoms with van der Waals surface area (Å²) in [7, 11) is 0. The second kappa shape index (κ2) is 9.15. The second-order valence-electron chi connectivity index (χ2n) is 9.60. The predicted octanol–water partition coefficient (Wildman–Crippen LogP) is 7.54. The van der Waals surface area contributed by atoms with Gasteiger partial charge in [0, 0.05) is 22.3 Å². The third-order valence-electron chi connectivity index (χ3n) is 5.99. The lowest BCUT2D eigenvalue weighted by atomic mass is 9.85. The van der Waals surface area contributed by atoms with Crippen molar-refractivity contribution in [2.45, 2.75) is 26.2 Å². The van der Waals surface area contributed by atoms with Gasteiger partial charge in [-0.3, -0.25) is 0 Å². The van der Waals surface area contributed by atoms with Crippen LogP contribution < -0.4 is 0 Å². The van der Waals surface area contributed by atoms with Gasteiger partial charge in [-0.15, -0.1) is 0 Å². The van der Waals surface area contributed by atoms with E-state index in [-0.39, 0.29) is 11.2 Å². The first kappa shape index (κ1) is 22.5. The van der Waals surface area contributed by atoms with E-state index < -0.39 is 0 Å². The molecule has 4 nitrogen and oxygen atoms in total. The van der Waals surface area contributed by atoms with Crippen LogP contribution >= 0.6 is 0 Å². The van der Waals surface area contributed by atoms with Crippen molar-refractivity contribution in [2.75, 3.05) is 0 Å². The average molecular weight is 458 g/mol. The van der Waals surface area contributed by atoms with Gasteiger partial charge in [-0.25, -0.2) is 15.0 Å². The molecule has 35 heavy (non-hydrogen) atoms. The third-order valence-corrected chi connectivity index (χ3v) is 5.99. The molecule has 1 aromatic heterocycles.